The van der Waals surface area contributed by atoms with Crippen molar-refractivity contribution in [2.45, 2.75) is 25.8 Å². The number of rotatable bonds is 6. The van der Waals surface area contributed by atoms with Gasteiger partial charge >= 0.3 is 5.97 Å². The van der Waals surface area contributed by atoms with Gasteiger partial charge in [-0.15, -0.1) is 11.3 Å². The number of anilines is 1. The summed E-state index contributed by atoms with van der Waals surface area (Å²) in [5.41, 5.74) is 3.33. The Hall–Kier alpha value is -2.96. The molecule has 0 radical (unpaired) electrons. The summed E-state index contributed by atoms with van der Waals surface area (Å²) < 4.78 is 5.07. The van der Waals surface area contributed by atoms with Gasteiger partial charge in [-0.2, -0.15) is 0 Å². The Balaban J connectivity index is 1.71. The van der Waals surface area contributed by atoms with Crippen molar-refractivity contribution in [3.8, 4) is 0 Å². The van der Waals surface area contributed by atoms with E-state index in [9.17, 15) is 9.59 Å². The highest BCUT2D eigenvalue weighted by Gasteiger charge is 2.31. The maximum atomic E-state index is 13.5. The van der Waals surface area contributed by atoms with Gasteiger partial charge in [-0.3, -0.25) is 9.69 Å². The molecule has 0 saturated heterocycles. The third-order valence-electron chi connectivity index (χ3n) is 5.74. The van der Waals surface area contributed by atoms with E-state index in [1.54, 1.807) is 0 Å². The summed E-state index contributed by atoms with van der Waals surface area (Å²) in [6.45, 7) is 4.77. The third-order valence-corrected chi connectivity index (χ3v) is 6.87. The lowest BCUT2D eigenvalue weighted by atomic mass is 9.90. The topological polar surface area (TPSA) is 58.6 Å². The molecule has 0 unspecified atom stereocenters. The summed E-state index contributed by atoms with van der Waals surface area (Å²) in [4.78, 5) is 29.6. The Morgan fingerprint density at radius 1 is 1.06 bits per heavy atom. The highest BCUT2D eigenvalue weighted by molar-refractivity contribution is 7.17. The fraction of sp³-hybridized carbons (Fsp3) is 0.280. The number of hydrogen-bond donors (Lipinski definition) is 1. The second-order valence-corrected chi connectivity index (χ2v) is 8.67. The average molecular weight is 435 g/mol. The van der Waals surface area contributed by atoms with Crippen LogP contribution < -0.4 is 5.32 Å². The van der Waals surface area contributed by atoms with Crippen LogP contribution >= 0.6 is 11.3 Å². The van der Waals surface area contributed by atoms with E-state index in [4.69, 9.17) is 4.74 Å². The molecule has 0 bridgehead atoms. The van der Waals surface area contributed by atoms with E-state index in [1.807, 2.05) is 60.7 Å². The highest BCUT2D eigenvalue weighted by Crippen LogP contribution is 2.38. The molecule has 1 aliphatic rings. The molecule has 5 nitrogen and oxygen atoms in total. The number of carbonyl (C=O) groups excluding carboxylic acids is 2. The van der Waals surface area contributed by atoms with Crippen molar-refractivity contribution in [3.05, 3.63) is 87.8 Å². The molecule has 0 saturated carbocycles. The summed E-state index contributed by atoms with van der Waals surface area (Å²) in [6.07, 6.45) is 0.779. The number of ether oxygens (including phenoxy) is 1. The van der Waals surface area contributed by atoms with Crippen molar-refractivity contribution in [1.82, 2.24) is 4.90 Å². The van der Waals surface area contributed by atoms with Crippen LogP contribution in [0.5, 0.6) is 0 Å². The third kappa shape index (κ3) is 4.40. The van der Waals surface area contributed by atoms with Crippen molar-refractivity contribution in [1.29, 1.82) is 0 Å². The van der Waals surface area contributed by atoms with Crippen molar-refractivity contribution in [3.63, 3.8) is 0 Å². The summed E-state index contributed by atoms with van der Waals surface area (Å²) in [5.74, 6) is -1.03. The van der Waals surface area contributed by atoms with Gasteiger partial charge in [-0.25, -0.2) is 4.79 Å². The first kappa shape index (κ1) is 21.3. The van der Waals surface area contributed by atoms with Gasteiger partial charge in [0.25, 0.3) is 0 Å². The lowest BCUT2D eigenvalue weighted by molar-refractivity contribution is -0.116. The smallest absolute Gasteiger partial charge is 0.341 e. The number of nitrogens with one attached hydrogen (secondary N) is 1. The van der Waals surface area contributed by atoms with Crippen LogP contribution in [0.3, 0.4) is 0 Å². The summed E-state index contributed by atoms with van der Waals surface area (Å²) >= 11 is 1.49. The van der Waals surface area contributed by atoms with Crippen molar-refractivity contribution >= 4 is 28.2 Å². The number of nitrogens with zero attached hydrogens (tertiary/aromatic N) is 1. The normalized spacial score (nSPS) is 13.6. The summed E-state index contributed by atoms with van der Waals surface area (Å²) in [5, 5.41) is 3.65. The predicted octanol–water partition coefficient (Wildman–Crippen LogP) is 4.68. The number of amides is 1. The first-order valence-corrected chi connectivity index (χ1v) is 11.3. The minimum absolute atomic E-state index is 0.159. The highest BCUT2D eigenvalue weighted by atomic mass is 32.1. The number of likely N-dealkylation sites (N-methyl/N-ethyl adjacent to an activating group) is 1. The second-order valence-electron chi connectivity index (χ2n) is 7.56. The predicted molar refractivity (Wildman–Crippen MR) is 124 cm³/mol. The Labute approximate surface area is 186 Å². The van der Waals surface area contributed by atoms with E-state index in [0.29, 0.717) is 10.6 Å². The molecule has 3 aromatic rings. The largest absolute Gasteiger partial charge is 0.465 e. The number of carbonyl (C=O) groups is 2. The van der Waals surface area contributed by atoms with E-state index in [-0.39, 0.29) is 5.91 Å². The van der Waals surface area contributed by atoms with Crippen LogP contribution in [0.15, 0.2) is 60.7 Å². The molecule has 0 fully saturated rings. The van der Waals surface area contributed by atoms with Crippen LogP contribution in [0.1, 0.15) is 44.8 Å². The molecule has 2 aromatic carbocycles. The number of fused-ring (bicyclic) bond motifs is 1. The van der Waals surface area contributed by atoms with Gasteiger partial charge in [-0.1, -0.05) is 67.6 Å². The molecule has 0 atom stereocenters. The summed E-state index contributed by atoms with van der Waals surface area (Å²) in [7, 11) is 1.38. The zero-order valence-electron chi connectivity index (χ0n) is 17.8. The minimum Gasteiger partial charge on any atom is -0.465 e. The molecule has 1 aliphatic heterocycles. The minimum atomic E-state index is -0.473. The SMILES string of the molecule is CCN1CCc2c(sc(NC(=O)C(c3ccccc3)c3ccccc3)c2C(=O)OC)C1. The van der Waals surface area contributed by atoms with Gasteiger partial charge in [0, 0.05) is 18.0 Å². The molecule has 0 spiro atoms. The van der Waals surface area contributed by atoms with Gasteiger partial charge in [0.05, 0.1) is 18.6 Å². The van der Waals surface area contributed by atoms with E-state index < -0.39 is 11.9 Å². The number of benzene rings is 2. The van der Waals surface area contributed by atoms with E-state index >= 15 is 0 Å². The zero-order chi connectivity index (χ0) is 21.8. The Morgan fingerprint density at radius 3 is 2.23 bits per heavy atom. The van der Waals surface area contributed by atoms with Crippen molar-refractivity contribution in [2.75, 3.05) is 25.5 Å². The molecule has 0 aliphatic carbocycles. The first-order valence-electron chi connectivity index (χ1n) is 10.5. The molecular formula is C25H26N2O3S. The standard InChI is InChI=1S/C25H26N2O3S/c1-3-27-15-14-19-20(16-27)31-24(22(19)25(29)30-2)26-23(28)21(17-10-6-4-7-11-17)18-12-8-5-9-13-18/h4-13,21H,3,14-16H2,1-2H3,(H,26,28). The van der Waals surface area contributed by atoms with Crippen molar-refractivity contribution in [2.24, 2.45) is 0 Å². The monoisotopic (exact) mass is 434 g/mol. The van der Waals surface area contributed by atoms with E-state index in [2.05, 4.69) is 17.1 Å². The van der Waals surface area contributed by atoms with Gasteiger partial charge in [0.15, 0.2) is 0 Å². The van der Waals surface area contributed by atoms with Crippen LogP contribution in [0.4, 0.5) is 5.00 Å². The zero-order valence-corrected chi connectivity index (χ0v) is 18.6. The van der Waals surface area contributed by atoms with Gasteiger partial charge in [0.2, 0.25) is 5.91 Å². The molecule has 160 valence electrons. The molecule has 4 rings (SSSR count). The second kappa shape index (κ2) is 9.45. The molecule has 1 amide bonds. The fourth-order valence-electron chi connectivity index (χ4n) is 4.10. The fourth-order valence-corrected chi connectivity index (χ4v) is 5.38. The van der Waals surface area contributed by atoms with Crippen LogP contribution in [-0.4, -0.2) is 37.0 Å². The molecule has 2 heterocycles. The molecule has 1 aromatic heterocycles. The van der Waals surface area contributed by atoms with Crippen LogP contribution in [0, 0.1) is 0 Å². The maximum absolute atomic E-state index is 13.5. The van der Waals surface area contributed by atoms with E-state index in [0.717, 1.165) is 47.6 Å². The molecular weight excluding hydrogens is 408 g/mol. The Kier molecular flexibility index (Phi) is 6.49. The van der Waals surface area contributed by atoms with Crippen LogP contribution in [-0.2, 0) is 22.5 Å². The first-order chi connectivity index (χ1) is 15.1. The summed E-state index contributed by atoms with van der Waals surface area (Å²) in [6, 6.07) is 19.4. The molecule has 1 N–H and O–H groups in total. The average Bonchev–Trinajstić information content (AvgIpc) is 3.16. The molecule has 6 heteroatoms. The lowest BCUT2D eigenvalue weighted by Crippen LogP contribution is -2.30. The van der Waals surface area contributed by atoms with Crippen LogP contribution in [0.2, 0.25) is 0 Å². The van der Waals surface area contributed by atoms with Gasteiger partial charge in [0.1, 0.15) is 5.00 Å². The van der Waals surface area contributed by atoms with Gasteiger partial charge in [-0.05, 0) is 29.7 Å². The molecule has 31 heavy (non-hydrogen) atoms. The van der Waals surface area contributed by atoms with Gasteiger partial charge < -0.3 is 10.1 Å². The number of hydrogen-bond acceptors (Lipinski definition) is 5. The van der Waals surface area contributed by atoms with Crippen molar-refractivity contribution < 1.29 is 14.3 Å². The Bertz CT molecular complexity index is 1020. The maximum Gasteiger partial charge on any atom is 0.341 e. The lowest BCUT2D eigenvalue weighted by Gasteiger charge is -2.25. The number of esters is 1. The van der Waals surface area contributed by atoms with E-state index in [1.165, 1.54) is 18.4 Å². The Morgan fingerprint density at radius 2 is 1.68 bits per heavy atom. The van der Waals surface area contributed by atoms with Crippen LogP contribution in [0.25, 0.3) is 0 Å². The number of methoxy groups -OCH3 is 1. The number of thiophene rings is 1. The quantitative estimate of drug-likeness (QED) is 0.572.